The molecule has 3 heteroatoms. The molecule has 0 spiro atoms. The van der Waals surface area contributed by atoms with Crippen LogP contribution in [-0.2, 0) is 6.54 Å². The Morgan fingerprint density at radius 2 is 1.35 bits per heavy atom. The van der Waals surface area contributed by atoms with Crippen molar-refractivity contribution in [2.45, 2.75) is 90.6 Å². The van der Waals surface area contributed by atoms with Gasteiger partial charge in [-0.15, -0.1) is 0 Å². The monoisotopic (exact) mass is 422 g/mol. The van der Waals surface area contributed by atoms with E-state index in [9.17, 15) is 4.79 Å². The van der Waals surface area contributed by atoms with Gasteiger partial charge in [-0.25, -0.2) is 0 Å². The van der Waals surface area contributed by atoms with Crippen molar-refractivity contribution in [2.75, 3.05) is 6.54 Å². The van der Waals surface area contributed by atoms with Gasteiger partial charge in [-0.3, -0.25) is 4.79 Å². The molecule has 1 atom stereocenters. The predicted octanol–water partition coefficient (Wildman–Crippen LogP) is 7.19. The first-order valence-electron chi connectivity index (χ1n) is 12.4. The Labute approximate surface area is 190 Å². The highest BCUT2D eigenvalue weighted by Gasteiger charge is 2.06. The molecular formula is C28H42N2O. The largest absolute Gasteiger partial charge is 0.352 e. The van der Waals surface area contributed by atoms with E-state index < -0.39 is 0 Å². The molecule has 0 aliphatic rings. The minimum Gasteiger partial charge on any atom is -0.352 e. The van der Waals surface area contributed by atoms with E-state index in [2.05, 4.69) is 48.7 Å². The molecule has 2 rings (SSSR count). The number of rotatable bonds is 16. The zero-order valence-corrected chi connectivity index (χ0v) is 19.7. The van der Waals surface area contributed by atoms with Crippen LogP contribution in [0, 0.1) is 0 Å². The number of benzene rings is 2. The van der Waals surface area contributed by atoms with E-state index in [1.54, 1.807) is 0 Å². The van der Waals surface area contributed by atoms with Crippen LogP contribution in [0.1, 0.15) is 106 Å². The van der Waals surface area contributed by atoms with Crippen molar-refractivity contribution in [2.24, 2.45) is 0 Å². The Morgan fingerprint density at radius 3 is 1.97 bits per heavy atom. The zero-order chi connectivity index (χ0) is 22.2. The molecule has 3 nitrogen and oxygen atoms in total. The van der Waals surface area contributed by atoms with E-state index in [-0.39, 0.29) is 5.91 Å². The normalized spacial score (nSPS) is 11.9. The molecule has 0 saturated heterocycles. The second-order valence-electron chi connectivity index (χ2n) is 8.65. The van der Waals surface area contributed by atoms with E-state index in [0.717, 1.165) is 25.1 Å². The second-order valence-corrected chi connectivity index (χ2v) is 8.65. The van der Waals surface area contributed by atoms with Crippen LogP contribution in [0.15, 0.2) is 54.6 Å². The summed E-state index contributed by atoms with van der Waals surface area (Å²) in [6.45, 7) is 5.99. The van der Waals surface area contributed by atoms with Crippen molar-refractivity contribution >= 4 is 5.91 Å². The first kappa shape index (κ1) is 25.1. The van der Waals surface area contributed by atoms with Crippen LogP contribution in [0.4, 0.5) is 0 Å². The number of hydrogen-bond acceptors (Lipinski definition) is 2. The van der Waals surface area contributed by atoms with Gasteiger partial charge in [-0.1, -0.05) is 107 Å². The van der Waals surface area contributed by atoms with Gasteiger partial charge in [0.2, 0.25) is 0 Å². The standard InChI is InChI=1S/C28H42N2O/c1-3-4-5-6-7-8-9-10-11-15-22-29-28(31)27-20-18-25(19-21-27)23-30-24(2)26-16-13-12-14-17-26/h12-14,16-21,24,30H,3-11,15,22-23H2,1-2H3,(H,29,31)/t24-/m0/s1. The Morgan fingerprint density at radius 1 is 0.774 bits per heavy atom. The molecule has 0 radical (unpaired) electrons. The summed E-state index contributed by atoms with van der Waals surface area (Å²) >= 11 is 0. The third kappa shape index (κ3) is 10.6. The number of hydrogen-bond donors (Lipinski definition) is 2. The average molecular weight is 423 g/mol. The molecule has 2 aromatic carbocycles. The SMILES string of the molecule is CCCCCCCCCCCCNC(=O)c1ccc(CN[C@@H](C)c2ccccc2)cc1. The van der Waals surface area contributed by atoms with E-state index in [4.69, 9.17) is 0 Å². The summed E-state index contributed by atoms with van der Waals surface area (Å²) < 4.78 is 0. The van der Waals surface area contributed by atoms with Crippen molar-refractivity contribution in [3.8, 4) is 0 Å². The number of carbonyl (C=O) groups excluding carboxylic acids is 1. The van der Waals surface area contributed by atoms with Gasteiger partial charge in [-0.2, -0.15) is 0 Å². The minimum absolute atomic E-state index is 0.0353. The molecular weight excluding hydrogens is 380 g/mol. The van der Waals surface area contributed by atoms with Gasteiger partial charge < -0.3 is 10.6 Å². The quantitative estimate of drug-likeness (QED) is 0.281. The van der Waals surface area contributed by atoms with Gasteiger partial charge in [0.25, 0.3) is 5.91 Å². The third-order valence-electron chi connectivity index (χ3n) is 5.94. The van der Waals surface area contributed by atoms with Crippen LogP contribution >= 0.6 is 0 Å². The van der Waals surface area contributed by atoms with Crippen molar-refractivity contribution < 1.29 is 4.79 Å². The zero-order valence-electron chi connectivity index (χ0n) is 19.7. The molecule has 1 amide bonds. The second kappa shape index (κ2) is 15.6. The molecule has 170 valence electrons. The Hall–Kier alpha value is -2.13. The summed E-state index contributed by atoms with van der Waals surface area (Å²) in [5.41, 5.74) is 3.21. The topological polar surface area (TPSA) is 41.1 Å². The van der Waals surface area contributed by atoms with Gasteiger partial charge in [0.15, 0.2) is 0 Å². The molecule has 0 heterocycles. The highest BCUT2D eigenvalue weighted by molar-refractivity contribution is 5.94. The number of carbonyl (C=O) groups is 1. The molecule has 0 bridgehead atoms. The highest BCUT2D eigenvalue weighted by atomic mass is 16.1. The summed E-state index contributed by atoms with van der Waals surface area (Å²) in [6, 6.07) is 18.7. The van der Waals surface area contributed by atoms with Crippen molar-refractivity contribution in [3.63, 3.8) is 0 Å². The Kier molecular flexibility index (Phi) is 12.7. The number of amides is 1. The maximum atomic E-state index is 12.3. The fourth-order valence-corrected chi connectivity index (χ4v) is 3.82. The Bertz CT molecular complexity index is 712. The van der Waals surface area contributed by atoms with E-state index in [1.807, 2.05) is 30.3 Å². The summed E-state index contributed by atoms with van der Waals surface area (Å²) in [5, 5.41) is 6.60. The summed E-state index contributed by atoms with van der Waals surface area (Å²) in [7, 11) is 0. The predicted molar refractivity (Wildman–Crippen MR) is 132 cm³/mol. The summed E-state index contributed by atoms with van der Waals surface area (Å²) in [5.74, 6) is 0.0353. The molecule has 0 fully saturated rings. The molecule has 2 aromatic rings. The van der Waals surface area contributed by atoms with Gasteiger partial charge in [0.1, 0.15) is 0 Å². The number of unbranched alkanes of at least 4 members (excludes halogenated alkanes) is 9. The molecule has 0 aromatic heterocycles. The molecule has 31 heavy (non-hydrogen) atoms. The fourth-order valence-electron chi connectivity index (χ4n) is 3.82. The lowest BCUT2D eigenvalue weighted by Gasteiger charge is -2.14. The maximum Gasteiger partial charge on any atom is 0.251 e. The van der Waals surface area contributed by atoms with Crippen molar-refractivity contribution in [1.29, 1.82) is 0 Å². The maximum absolute atomic E-state index is 12.3. The third-order valence-corrected chi connectivity index (χ3v) is 5.94. The molecule has 0 aliphatic heterocycles. The van der Waals surface area contributed by atoms with E-state index in [0.29, 0.717) is 6.04 Å². The van der Waals surface area contributed by atoms with E-state index in [1.165, 1.54) is 68.9 Å². The van der Waals surface area contributed by atoms with Crippen LogP contribution in [0.3, 0.4) is 0 Å². The van der Waals surface area contributed by atoms with Gasteiger partial charge in [0.05, 0.1) is 0 Å². The van der Waals surface area contributed by atoms with E-state index >= 15 is 0 Å². The van der Waals surface area contributed by atoms with Crippen molar-refractivity contribution in [1.82, 2.24) is 10.6 Å². The molecule has 0 aliphatic carbocycles. The van der Waals surface area contributed by atoms with Crippen LogP contribution in [0.25, 0.3) is 0 Å². The molecule has 2 N–H and O–H groups in total. The number of nitrogens with one attached hydrogen (secondary N) is 2. The van der Waals surface area contributed by atoms with Crippen molar-refractivity contribution in [3.05, 3.63) is 71.3 Å². The lowest BCUT2D eigenvalue weighted by Crippen LogP contribution is -2.24. The van der Waals surface area contributed by atoms with Crippen LogP contribution in [0.2, 0.25) is 0 Å². The minimum atomic E-state index is 0.0353. The smallest absolute Gasteiger partial charge is 0.251 e. The lowest BCUT2D eigenvalue weighted by atomic mass is 10.1. The summed E-state index contributed by atoms with van der Waals surface area (Å²) in [4.78, 5) is 12.3. The van der Waals surface area contributed by atoms with Gasteiger partial charge >= 0.3 is 0 Å². The van der Waals surface area contributed by atoms with Gasteiger partial charge in [-0.05, 0) is 36.6 Å². The average Bonchev–Trinajstić information content (AvgIpc) is 2.81. The van der Waals surface area contributed by atoms with Crippen LogP contribution < -0.4 is 10.6 Å². The highest BCUT2D eigenvalue weighted by Crippen LogP contribution is 2.13. The van der Waals surface area contributed by atoms with Gasteiger partial charge in [0, 0.05) is 24.7 Å². The van der Waals surface area contributed by atoms with Crippen LogP contribution in [0.5, 0.6) is 0 Å². The molecule has 0 saturated carbocycles. The first-order chi connectivity index (χ1) is 15.2. The van der Waals surface area contributed by atoms with Crippen LogP contribution in [-0.4, -0.2) is 12.5 Å². The lowest BCUT2D eigenvalue weighted by molar-refractivity contribution is 0.0953. The summed E-state index contributed by atoms with van der Waals surface area (Å²) in [6.07, 6.45) is 13.1. The molecule has 0 unspecified atom stereocenters. The Balaban J connectivity index is 1.55. The fraction of sp³-hybridized carbons (Fsp3) is 0.536. The first-order valence-corrected chi connectivity index (χ1v) is 12.4.